The summed E-state index contributed by atoms with van der Waals surface area (Å²) in [5.74, 6) is 0.0106. The number of hydrogen-bond acceptors (Lipinski definition) is 5. The number of fused-ring (bicyclic) bond motifs is 1. The highest BCUT2D eigenvalue weighted by molar-refractivity contribution is 7.81. The van der Waals surface area contributed by atoms with Gasteiger partial charge in [0.05, 0.1) is 12.3 Å². The van der Waals surface area contributed by atoms with Crippen LogP contribution >= 0.6 is 11.6 Å². The van der Waals surface area contributed by atoms with E-state index >= 15 is 0 Å². The van der Waals surface area contributed by atoms with Gasteiger partial charge in [0.15, 0.2) is 5.75 Å². The zero-order valence-electron chi connectivity index (χ0n) is 11.5. The molecule has 1 aliphatic heterocycles. The first-order chi connectivity index (χ1) is 10.3. The second-order valence-corrected chi connectivity index (χ2v) is 6.32. The molecular weight excluding hydrogens is 330 g/mol. The Morgan fingerprint density at radius 1 is 1.36 bits per heavy atom. The maximum absolute atomic E-state index is 11.0. The third-order valence-corrected chi connectivity index (χ3v) is 4.02. The van der Waals surface area contributed by atoms with Gasteiger partial charge in [0.2, 0.25) is 0 Å². The van der Waals surface area contributed by atoms with Crippen molar-refractivity contribution in [3.8, 4) is 5.75 Å². The van der Waals surface area contributed by atoms with E-state index in [0.29, 0.717) is 21.8 Å². The number of nitrogens with zero attached hydrogens (tertiary/aromatic N) is 1. The van der Waals surface area contributed by atoms with E-state index in [9.17, 15) is 8.42 Å². The zero-order chi connectivity index (χ0) is 15.9. The highest BCUT2D eigenvalue weighted by Crippen LogP contribution is 2.41. The Hall–Kier alpha value is -1.67. The predicted molar refractivity (Wildman–Crippen MR) is 79.2 cm³/mol. The van der Waals surface area contributed by atoms with Gasteiger partial charge in [-0.2, -0.15) is 8.42 Å². The van der Waals surface area contributed by atoms with E-state index in [1.165, 1.54) is 0 Å². The van der Waals surface area contributed by atoms with Gasteiger partial charge in [0.25, 0.3) is 0 Å². The zero-order valence-corrected chi connectivity index (χ0v) is 13.1. The van der Waals surface area contributed by atoms with Gasteiger partial charge in [-0.25, -0.2) is 0 Å². The van der Waals surface area contributed by atoms with Crippen molar-refractivity contribution in [1.29, 1.82) is 0 Å². The van der Waals surface area contributed by atoms with E-state index in [1.54, 1.807) is 25.3 Å². The summed E-state index contributed by atoms with van der Waals surface area (Å²) < 4.78 is 41.3. The van der Waals surface area contributed by atoms with Crippen molar-refractivity contribution in [3.05, 3.63) is 57.9 Å². The molecule has 116 valence electrons. The molecule has 2 aromatic rings. The lowest BCUT2D eigenvalue weighted by atomic mass is 10.0. The summed E-state index contributed by atoms with van der Waals surface area (Å²) >= 11 is 5.87. The van der Waals surface area contributed by atoms with Gasteiger partial charge in [0.1, 0.15) is 6.10 Å². The largest absolute Gasteiger partial charge is 0.446 e. The Morgan fingerprint density at radius 3 is 2.68 bits per heavy atom. The van der Waals surface area contributed by atoms with Crippen molar-refractivity contribution in [2.45, 2.75) is 19.6 Å². The number of halogens is 1. The van der Waals surface area contributed by atoms with Crippen LogP contribution in [0.15, 0.2) is 30.5 Å². The SMILES string of the molecule is Cc1ncc2c(c1OS(=O)(=O)O)COC2c1ccc(Cl)cc1. The van der Waals surface area contributed by atoms with Crippen LogP contribution in [-0.4, -0.2) is 18.0 Å². The van der Waals surface area contributed by atoms with Crippen molar-refractivity contribution in [1.82, 2.24) is 4.98 Å². The van der Waals surface area contributed by atoms with Crippen molar-refractivity contribution in [3.63, 3.8) is 0 Å². The lowest BCUT2D eigenvalue weighted by molar-refractivity contribution is 0.0934. The summed E-state index contributed by atoms with van der Waals surface area (Å²) in [5, 5.41) is 0.611. The minimum absolute atomic E-state index is 0.0106. The van der Waals surface area contributed by atoms with Crippen LogP contribution in [0.25, 0.3) is 0 Å². The standard InChI is InChI=1S/C14H12ClNO5S/c1-8-13(21-22(17,18)19)12-7-20-14(11(12)6-16-8)9-2-4-10(15)5-3-9/h2-6,14H,7H2,1H3,(H,17,18,19). The second kappa shape index (κ2) is 5.51. The first kappa shape index (κ1) is 15.2. The summed E-state index contributed by atoms with van der Waals surface area (Å²) in [5.41, 5.74) is 2.49. The highest BCUT2D eigenvalue weighted by Gasteiger charge is 2.30. The molecule has 1 aliphatic rings. The van der Waals surface area contributed by atoms with Crippen LogP contribution in [0.4, 0.5) is 0 Å². The molecule has 1 aromatic heterocycles. The molecule has 6 nitrogen and oxygen atoms in total. The van der Waals surface area contributed by atoms with Crippen molar-refractivity contribution in [2.24, 2.45) is 0 Å². The lowest BCUT2D eigenvalue weighted by Crippen LogP contribution is -2.10. The van der Waals surface area contributed by atoms with E-state index in [4.69, 9.17) is 20.9 Å². The molecule has 0 aliphatic carbocycles. The fourth-order valence-electron chi connectivity index (χ4n) is 2.41. The van der Waals surface area contributed by atoms with Crippen LogP contribution in [0.2, 0.25) is 5.02 Å². The Morgan fingerprint density at radius 2 is 2.05 bits per heavy atom. The fourth-order valence-corrected chi connectivity index (χ4v) is 2.97. The van der Waals surface area contributed by atoms with E-state index in [2.05, 4.69) is 9.17 Å². The lowest BCUT2D eigenvalue weighted by Gasteiger charge is -2.12. The molecule has 2 heterocycles. The van der Waals surface area contributed by atoms with Gasteiger partial charge in [-0.05, 0) is 24.6 Å². The molecule has 3 rings (SSSR count). The van der Waals surface area contributed by atoms with Crippen LogP contribution in [-0.2, 0) is 21.7 Å². The maximum atomic E-state index is 11.0. The summed E-state index contributed by atoms with van der Waals surface area (Å²) in [7, 11) is -4.62. The average Bonchev–Trinajstić information content (AvgIpc) is 2.86. The van der Waals surface area contributed by atoms with Gasteiger partial charge < -0.3 is 8.92 Å². The monoisotopic (exact) mass is 341 g/mol. The van der Waals surface area contributed by atoms with Crippen molar-refractivity contribution < 1.29 is 21.9 Å². The quantitative estimate of drug-likeness (QED) is 0.864. The number of benzene rings is 1. The Bertz CT molecular complexity index is 820. The van der Waals surface area contributed by atoms with Crippen LogP contribution < -0.4 is 4.18 Å². The first-order valence-electron chi connectivity index (χ1n) is 6.37. The van der Waals surface area contributed by atoms with E-state index in [0.717, 1.165) is 5.56 Å². The highest BCUT2D eigenvalue weighted by atomic mass is 35.5. The molecule has 1 N–H and O–H groups in total. The van der Waals surface area contributed by atoms with E-state index in [1.807, 2.05) is 12.1 Å². The third-order valence-electron chi connectivity index (χ3n) is 3.39. The number of aromatic nitrogens is 1. The molecule has 0 radical (unpaired) electrons. The summed E-state index contributed by atoms with van der Waals surface area (Å²) in [4.78, 5) is 4.12. The van der Waals surface area contributed by atoms with Crippen LogP contribution in [0, 0.1) is 6.92 Å². The van der Waals surface area contributed by atoms with Crippen molar-refractivity contribution in [2.75, 3.05) is 0 Å². The molecule has 1 aromatic carbocycles. The number of hydrogen-bond donors (Lipinski definition) is 1. The van der Waals surface area contributed by atoms with Gasteiger partial charge in [-0.1, -0.05) is 23.7 Å². The van der Waals surface area contributed by atoms with Crippen LogP contribution in [0.1, 0.15) is 28.5 Å². The summed E-state index contributed by atoms with van der Waals surface area (Å²) in [6.45, 7) is 1.76. The molecule has 1 unspecified atom stereocenters. The molecule has 0 fully saturated rings. The molecular formula is C14H12ClNO5S. The number of rotatable bonds is 3. The third kappa shape index (κ3) is 2.93. The number of pyridine rings is 1. The second-order valence-electron chi connectivity index (χ2n) is 4.86. The molecule has 0 amide bonds. The molecule has 22 heavy (non-hydrogen) atoms. The topological polar surface area (TPSA) is 85.7 Å². The molecule has 8 heteroatoms. The van der Waals surface area contributed by atoms with Crippen LogP contribution in [0.5, 0.6) is 5.75 Å². The minimum Gasteiger partial charge on any atom is -0.364 e. The number of aryl methyl sites for hydroxylation is 1. The summed E-state index contributed by atoms with van der Waals surface area (Å²) in [6.07, 6.45) is 1.23. The average molecular weight is 342 g/mol. The molecule has 0 saturated heterocycles. The number of ether oxygens (including phenoxy) is 1. The van der Waals surface area contributed by atoms with Crippen molar-refractivity contribution >= 4 is 22.0 Å². The Labute approximate surface area is 132 Å². The van der Waals surface area contributed by atoms with Gasteiger partial charge >= 0.3 is 10.4 Å². The van der Waals surface area contributed by atoms with E-state index in [-0.39, 0.29) is 18.5 Å². The summed E-state index contributed by atoms with van der Waals surface area (Å²) in [6, 6.07) is 7.14. The minimum atomic E-state index is -4.62. The van der Waals surface area contributed by atoms with E-state index < -0.39 is 10.4 Å². The molecule has 0 saturated carbocycles. The Balaban J connectivity index is 2.05. The van der Waals surface area contributed by atoms with Gasteiger partial charge in [-0.15, -0.1) is 0 Å². The van der Waals surface area contributed by atoms with Gasteiger partial charge in [0, 0.05) is 22.3 Å². The van der Waals surface area contributed by atoms with Gasteiger partial charge in [-0.3, -0.25) is 9.54 Å². The van der Waals surface area contributed by atoms with Crippen LogP contribution in [0.3, 0.4) is 0 Å². The molecule has 0 spiro atoms. The normalized spacial score (nSPS) is 17.3. The molecule has 1 atom stereocenters. The smallest absolute Gasteiger partial charge is 0.364 e. The Kier molecular flexibility index (Phi) is 3.82. The maximum Gasteiger partial charge on any atom is 0.446 e. The molecule has 0 bridgehead atoms. The first-order valence-corrected chi connectivity index (χ1v) is 8.12. The predicted octanol–water partition coefficient (Wildman–Crippen LogP) is 2.84. The fraction of sp³-hybridized carbons (Fsp3) is 0.214.